The van der Waals surface area contributed by atoms with Crippen LogP contribution in [0.25, 0.3) is 0 Å². The topological polar surface area (TPSA) is 55.5 Å². The van der Waals surface area contributed by atoms with Crippen molar-refractivity contribution in [2.45, 2.75) is 30.9 Å². The standard InChI is InChI=1S/C11H10F7NO2.ClH/c12-9(13)11(17,18)21-6-3-1-2-5(4-6)7(19)8(20)10(14,15)16;/h1-4,7-9,20H,19H2;1H/t7-,8-;/m1./s1. The van der Waals surface area contributed by atoms with E-state index in [1.165, 1.54) is 0 Å². The summed E-state index contributed by atoms with van der Waals surface area (Å²) in [4.78, 5) is 0. The van der Waals surface area contributed by atoms with E-state index < -0.39 is 42.2 Å². The molecule has 3 nitrogen and oxygen atoms in total. The first-order chi connectivity index (χ1) is 9.45. The summed E-state index contributed by atoms with van der Waals surface area (Å²) in [5.74, 6) is -0.803. The molecule has 0 fully saturated rings. The molecule has 0 amide bonds. The van der Waals surface area contributed by atoms with Gasteiger partial charge in [-0.1, -0.05) is 12.1 Å². The van der Waals surface area contributed by atoms with Crippen molar-refractivity contribution >= 4 is 12.4 Å². The highest BCUT2D eigenvalue weighted by Crippen LogP contribution is 2.32. The number of nitrogens with two attached hydrogens (primary N) is 1. The Hall–Kier alpha value is -1.26. The van der Waals surface area contributed by atoms with E-state index in [-0.39, 0.29) is 12.4 Å². The highest BCUT2D eigenvalue weighted by molar-refractivity contribution is 5.85. The number of benzene rings is 1. The molecule has 0 spiro atoms. The number of aliphatic hydroxyl groups excluding tert-OH is 1. The summed E-state index contributed by atoms with van der Waals surface area (Å²) >= 11 is 0. The van der Waals surface area contributed by atoms with Gasteiger partial charge in [0.2, 0.25) is 0 Å². The third-order valence-corrected chi connectivity index (χ3v) is 2.43. The summed E-state index contributed by atoms with van der Waals surface area (Å²) in [6.45, 7) is 0. The van der Waals surface area contributed by atoms with E-state index in [9.17, 15) is 30.7 Å². The van der Waals surface area contributed by atoms with Gasteiger partial charge in [0.15, 0.2) is 6.10 Å². The molecular formula is C11H11ClF7NO2. The number of aliphatic hydroxyl groups is 1. The van der Waals surface area contributed by atoms with Gasteiger partial charge in [-0.2, -0.15) is 30.7 Å². The molecule has 0 bridgehead atoms. The van der Waals surface area contributed by atoms with Gasteiger partial charge in [0.05, 0.1) is 6.04 Å². The third kappa shape index (κ3) is 5.18. The van der Waals surface area contributed by atoms with E-state index in [4.69, 9.17) is 10.8 Å². The van der Waals surface area contributed by atoms with Crippen molar-refractivity contribution in [2.24, 2.45) is 5.73 Å². The lowest BCUT2D eigenvalue weighted by atomic mass is 10.0. The van der Waals surface area contributed by atoms with Gasteiger partial charge in [0.25, 0.3) is 0 Å². The zero-order chi connectivity index (χ0) is 16.4. The Bertz CT molecular complexity index is 484. The Labute approximate surface area is 126 Å². The van der Waals surface area contributed by atoms with Gasteiger partial charge >= 0.3 is 18.7 Å². The largest absolute Gasteiger partial charge is 0.461 e. The molecule has 1 aromatic carbocycles. The minimum atomic E-state index is -5.02. The van der Waals surface area contributed by atoms with Gasteiger partial charge in [-0.25, -0.2) is 0 Å². The molecule has 2 atom stereocenters. The molecule has 0 aliphatic carbocycles. The van der Waals surface area contributed by atoms with E-state index in [0.717, 1.165) is 18.2 Å². The molecule has 0 unspecified atom stereocenters. The predicted molar refractivity (Wildman–Crippen MR) is 64.3 cm³/mol. The van der Waals surface area contributed by atoms with Crippen LogP contribution in [0.4, 0.5) is 30.7 Å². The summed E-state index contributed by atoms with van der Waals surface area (Å²) in [5.41, 5.74) is 4.76. The van der Waals surface area contributed by atoms with Crippen LogP contribution in [-0.4, -0.2) is 29.9 Å². The number of alkyl halides is 7. The lowest BCUT2D eigenvalue weighted by molar-refractivity contribution is -0.253. The van der Waals surface area contributed by atoms with Crippen LogP contribution < -0.4 is 10.5 Å². The van der Waals surface area contributed by atoms with Crippen molar-refractivity contribution in [1.82, 2.24) is 0 Å². The molecular weight excluding hydrogens is 347 g/mol. The highest BCUT2D eigenvalue weighted by atomic mass is 35.5. The van der Waals surface area contributed by atoms with Crippen LogP contribution in [0.2, 0.25) is 0 Å². The van der Waals surface area contributed by atoms with Crippen molar-refractivity contribution in [3.63, 3.8) is 0 Å². The van der Waals surface area contributed by atoms with E-state index >= 15 is 0 Å². The van der Waals surface area contributed by atoms with Gasteiger partial charge in [-0.05, 0) is 17.7 Å². The Morgan fingerprint density at radius 3 is 2.09 bits per heavy atom. The maximum Gasteiger partial charge on any atom is 0.461 e. The highest BCUT2D eigenvalue weighted by Gasteiger charge is 2.45. The molecule has 0 heterocycles. The second kappa shape index (κ2) is 7.34. The minimum Gasteiger partial charge on any atom is -0.428 e. The van der Waals surface area contributed by atoms with Gasteiger partial charge in [0, 0.05) is 0 Å². The molecule has 0 aromatic heterocycles. The van der Waals surface area contributed by atoms with Gasteiger partial charge in [-0.15, -0.1) is 12.4 Å². The van der Waals surface area contributed by atoms with Crippen molar-refractivity contribution < 1.29 is 40.6 Å². The van der Waals surface area contributed by atoms with Crippen molar-refractivity contribution in [2.75, 3.05) is 0 Å². The van der Waals surface area contributed by atoms with Crippen LogP contribution >= 0.6 is 12.4 Å². The molecule has 0 saturated heterocycles. The molecule has 128 valence electrons. The van der Waals surface area contributed by atoms with Crippen LogP contribution in [0.3, 0.4) is 0 Å². The maximum atomic E-state index is 12.7. The van der Waals surface area contributed by atoms with Crippen LogP contribution in [0.15, 0.2) is 24.3 Å². The zero-order valence-corrected chi connectivity index (χ0v) is 11.3. The molecule has 0 aliphatic heterocycles. The summed E-state index contributed by atoms with van der Waals surface area (Å²) < 4.78 is 89.8. The monoisotopic (exact) mass is 357 g/mol. The Morgan fingerprint density at radius 2 is 1.64 bits per heavy atom. The fraction of sp³-hybridized carbons (Fsp3) is 0.455. The normalized spacial score (nSPS) is 15.2. The van der Waals surface area contributed by atoms with Gasteiger partial charge in [-0.3, -0.25) is 0 Å². The number of ether oxygens (including phenoxy) is 1. The van der Waals surface area contributed by atoms with Gasteiger partial charge < -0.3 is 15.6 Å². The zero-order valence-electron chi connectivity index (χ0n) is 10.5. The third-order valence-electron chi connectivity index (χ3n) is 2.43. The van der Waals surface area contributed by atoms with Gasteiger partial charge in [0.1, 0.15) is 5.75 Å². The fourth-order valence-electron chi connectivity index (χ4n) is 1.37. The van der Waals surface area contributed by atoms with E-state index in [1.807, 2.05) is 0 Å². The molecule has 0 aliphatic rings. The lowest BCUT2D eigenvalue weighted by Gasteiger charge is -2.22. The second-order valence-electron chi connectivity index (χ2n) is 4.05. The first kappa shape index (κ1) is 20.7. The lowest BCUT2D eigenvalue weighted by Crippen LogP contribution is -2.39. The van der Waals surface area contributed by atoms with Crippen LogP contribution in [-0.2, 0) is 0 Å². The smallest absolute Gasteiger partial charge is 0.428 e. The fourth-order valence-corrected chi connectivity index (χ4v) is 1.37. The predicted octanol–water partition coefficient (Wildman–Crippen LogP) is 3.27. The van der Waals surface area contributed by atoms with Crippen molar-refractivity contribution in [1.29, 1.82) is 0 Å². The van der Waals surface area contributed by atoms with Crippen LogP contribution in [0.5, 0.6) is 5.75 Å². The Balaban J connectivity index is 0.00000441. The molecule has 1 rings (SSSR count). The SMILES string of the molecule is Cl.N[C@H](c1cccc(OC(F)(F)C(F)F)c1)[C@@H](O)C(F)(F)F. The number of hydrogen-bond donors (Lipinski definition) is 2. The first-order valence-corrected chi connectivity index (χ1v) is 5.40. The van der Waals surface area contributed by atoms with Crippen molar-refractivity contribution in [3.05, 3.63) is 29.8 Å². The molecule has 1 aromatic rings. The Kier molecular flexibility index (Phi) is 6.92. The molecule has 22 heavy (non-hydrogen) atoms. The van der Waals surface area contributed by atoms with E-state index in [1.54, 1.807) is 0 Å². The summed E-state index contributed by atoms with van der Waals surface area (Å²) in [5, 5.41) is 8.96. The average molecular weight is 358 g/mol. The van der Waals surface area contributed by atoms with Crippen LogP contribution in [0, 0.1) is 0 Å². The number of rotatable bonds is 5. The quantitative estimate of drug-likeness (QED) is 0.795. The molecule has 3 N–H and O–H groups in total. The summed E-state index contributed by atoms with van der Waals surface area (Å²) in [7, 11) is 0. The van der Waals surface area contributed by atoms with Crippen molar-refractivity contribution in [3.8, 4) is 5.75 Å². The molecule has 0 radical (unpaired) electrons. The van der Waals surface area contributed by atoms with E-state index in [0.29, 0.717) is 6.07 Å². The Morgan fingerprint density at radius 1 is 1.09 bits per heavy atom. The van der Waals surface area contributed by atoms with Crippen LogP contribution in [0.1, 0.15) is 11.6 Å². The maximum absolute atomic E-state index is 12.7. The number of hydrogen-bond acceptors (Lipinski definition) is 3. The molecule has 0 saturated carbocycles. The number of halogens is 8. The van der Waals surface area contributed by atoms with E-state index in [2.05, 4.69) is 4.74 Å². The average Bonchev–Trinajstić information content (AvgIpc) is 2.35. The summed E-state index contributed by atoms with van der Waals surface area (Å²) in [6.07, 6.45) is -16.9. The first-order valence-electron chi connectivity index (χ1n) is 5.40. The second-order valence-corrected chi connectivity index (χ2v) is 4.05. The minimum absolute atomic E-state index is 0. The molecule has 11 heteroatoms. The summed E-state index contributed by atoms with van der Waals surface area (Å²) in [6, 6.07) is 1.47.